The summed E-state index contributed by atoms with van der Waals surface area (Å²) < 4.78 is 5.57. The van der Waals surface area contributed by atoms with Gasteiger partial charge in [0.1, 0.15) is 0 Å². The molecule has 1 nitrogen and oxygen atoms in total. The predicted molar refractivity (Wildman–Crippen MR) is 127 cm³/mol. The number of unbranched alkanes of at least 4 members (excludes halogenated alkanes) is 11. The molecule has 26 heavy (non-hydrogen) atoms. The second-order valence-electron chi connectivity index (χ2n) is 9.44. The van der Waals surface area contributed by atoms with Crippen LogP contribution in [0.1, 0.15) is 97.3 Å². The molecule has 0 atom stereocenters. The smallest absolute Gasteiger partial charge is 0.0518 e. The first-order chi connectivity index (χ1) is 12.4. The van der Waals surface area contributed by atoms with E-state index in [1.54, 1.807) is 0 Å². The van der Waals surface area contributed by atoms with Crippen molar-refractivity contribution in [2.45, 2.75) is 129 Å². The number of ether oxygens (including phenoxy) is 1. The van der Waals surface area contributed by atoms with Crippen molar-refractivity contribution in [2.75, 3.05) is 18.1 Å². The van der Waals surface area contributed by atoms with Gasteiger partial charge >= 0.3 is 0 Å². The Morgan fingerprint density at radius 2 is 1.04 bits per heavy atom. The Kier molecular flexibility index (Phi) is 19.3. The highest BCUT2D eigenvalue weighted by Gasteiger charge is 2.11. The molecule has 0 amide bonds. The van der Waals surface area contributed by atoms with Crippen LogP contribution in [0.5, 0.6) is 0 Å². The minimum atomic E-state index is -0.778. The Morgan fingerprint density at radius 3 is 1.50 bits per heavy atom. The maximum Gasteiger partial charge on any atom is 0.0518 e. The molecule has 3 heteroatoms. The summed E-state index contributed by atoms with van der Waals surface area (Å²) in [6.45, 7) is 12.7. The first-order valence-electron chi connectivity index (χ1n) is 11.6. The van der Waals surface area contributed by atoms with Crippen molar-refractivity contribution in [3.63, 3.8) is 0 Å². The summed E-state index contributed by atoms with van der Waals surface area (Å²) in [6.07, 6.45) is 19.2. The molecule has 0 aliphatic rings. The van der Waals surface area contributed by atoms with E-state index in [9.17, 15) is 0 Å². The zero-order valence-electron chi connectivity index (χ0n) is 18.9. The fraction of sp³-hybridized carbons (Fsp3) is 1.00. The molecule has 0 unspecified atom stereocenters. The number of thioether (sulfide) groups is 1. The average Bonchev–Trinajstić information content (AvgIpc) is 2.55. The highest BCUT2D eigenvalue weighted by Crippen LogP contribution is 2.17. The standard InChI is InChI=1S/C23H50OSSi/c1-23(2)24-19-18-21-25-20-16-14-12-10-8-6-7-9-11-13-15-17-22-26(3,4)5/h23H,6-22H2,1-5H3. The predicted octanol–water partition coefficient (Wildman–Crippen LogP) is 8.55. The van der Waals surface area contributed by atoms with E-state index in [4.69, 9.17) is 4.74 Å². The third-order valence-corrected chi connectivity index (χ3v) is 7.86. The monoisotopic (exact) mass is 402 g/mol. The van der Waals surface area contributed by atoms with Crippen LogP contribution >= 0.6 is 11.8 Å². The van der Waals surface area contributed by atoms with Crippen molar-refractivity contribution < 1.29 is 4.74 Å². The van der Waals surface area contributed by atoms with Crippen LogP contribution in [0.4, 0.5) is 0 Å². The molecule has 0 saturated carbocycles. The molecular weight excluding hydrogens is 352 g/mol. The third kappa shape index (κ3) is 24.5. The summed E-state index contributed by atoms with van der Waals surface area (Å²) >= 11 is 2.11. The first-order valence-corrected chi connectivity index (χ1v) is 16.5. The van der Waals surface area contributed by atoms with Crippen molar-refractivity contribution in [1.82, 2.24) is 0 Å². The van der Waals surface area contributed by atoms with Crippen LogP contribution in [-0.2, 0) is 4.74 Å². The lowest BCUT2D eigenvalue weighted by atomic mass is 10.1. The van der Waals surface area contributed by atoms with Crippen molar-refractivity contribution in [3.05, 3.63) is 0 Å². The number of hydrogen-bond acceptors (Lipinski definition) is 2. The highest BCUT2D eigenvalue weighted by molar-refractivity contribution is 7.99. The van der Waals surface area contributed by atoms with E-state index in [0.717, 1.165) is 6.61 Å². The van der Waals surface area contributed by atoms with Crippen molar-refractivity contribution >= 4 is 19.8 Å². The number of hydrogen-bond donors (Lipinski definition) is 0. The Balaban J connectivity index is 3.03. The molecule has 0 N–H and O–H groups in total. The van der Waals surface area contributed by atoms with Gasteiger partial charge in [-0.1, -0.05) is 96.3 Å². The van der Waals surface area contributed by atoms with E-state index in [-0.39, 0.29) is 0 Å². The minimum Gasteiger partial charge on any atom is -0.379 e. The second kappa shape index (κ2) is 18.9. The normalized spacial score (nSPS) is 12.2. The van der Waals surface area contributed by atoms with Crippen molar-refractivity contribution in [3.8, 4) is 0 Å². The van der Waals surface area contributed by atoms with Crippen LogP contribution in [0.2, 0.25) is 25.7 Å². The Morgan fingerprint density at radius 1 is 0.615 bits per heavy atom. The lowest BCUT2D eigenvalue weighted by Gasteiger charge is -2.14. The lowest BCUT2D eigenvalue weighted by molar-refractivity contribution is 0.0800. The summed E-state index contributed by atoms with van der Waals surface area (Å²) in [5.41, 5.74) is 0. The van der Waals surface area contributed by atoms with Crippen LogP contribution in [-0.4, -0.2) is 32.3 Å². The summed E-state index contributed by atoms with van der Waals surface area (Å²) in [5, 5.41) is 0. The quantitative estimate of drug-likeness (QED) is 0.149. The van der Waals surface area contributed by atoms with Gasteiger partial charge in [-0.3, -0.25) is 0 Å². The maximum absolute atomic E-state index is 5.57. The Labute approximate surface area is 171 Å². The fourth-order valence-electron chi connectivity index (χ4n) is 3.21. The Hall–Kier alpha value is 0.527. The molecule has 0 spiro atoms. The van der Waals surface area contributed by atoms with Crippen LogP contribution < -0.4 is 0 Å². The SMILES string of the molecule is CC(C)OCCCSCCCCCCCCCCCCCC[Si](C)(C)C. The van der Waals surface area contributed by atoms with Gasteiger partial charge in [-0.05, 0) is 38.2 Å². The van der Waals surface area contributed by atoms with Gasteiger partial charge < -0.3 is 4.74 Å². The summed E-state index contributed by atoms with van der Waals surface area (Å²) in [5.74, 6) is 2.62. The molecule has 0 saturated heterocycles. The fourth-order valence-corrected chi connectivity index (χ4v) is 5.45. The molecule has 0 rings (SSSR count). The molecule has 0 radical (unpaired) electrons. The van der Waals surface area contributed by atoms with Crippen LogP contribution in [0, 0.1) is 0 Å². The van der Waals surface area contributed by atoms with Crippen molar-refractivity contribution in [1.29, 1.82) is 0 Å². The lowest BCUT2D eigenvalue weighted by Crippen LogP contribution is -2.18. The van der Waals surface area contributed by atoms with Crippen LogP contribution in [0.15, 0.2) is 0 Å². The molecule has 0 aliphatic heterocycles. The minimum absolute atomic E-state index is 0.389. The van der Waals surface area contributed by atoms with Gasteiger partial charge in [0.2, 0.25) is 0 Å². The van der Waals surface area contributed by atoms with E-state index in [1.165, 1.54) is 101 Å². The second-order valence-corrected chi connectivity index (χ2v) is 16.3. The van der Waals surface area contributed by atoms with E-state index in [0.29, 0.717) is 6.10 Å². The van der Waals surface area contributed by atoms with Crippen LogP contribution in [0.3, 0.4) is 0 Å². The van der Waals surface area contributed by atoms with Crippen molar-refractivity contribution in [2.24, 2.45) is 0 Å². The first kappa shape index (κ1) is 26.5. The summed E-state index contributed by atoms with van der Waals surface area (Å²) in [4.78, 5) is 0. The summed E-state index contributed by atoms with van der Waals surface area (Å²) in [6, 6.07) is 1.53. The van der Waals surface area contributed by atoms with Gasteiger partial charge in [0.15, 0.2) is 0 Å². The molecule has 0 aromatic rings. The zero-order valence-corrected chi connectivity index (χ0v) is 20.7. The molecule has 158 valence electrons. The molecule has 0 aliphatic carbocycles. The highest BCUT2D eigenvalue weighted by atomic mass is 32.2. The van der Waals surface area contributed by atoms with E-state index < -0.39 is 8.07 Å². The summed E-state index contributed by atoms with van der Waals surface area (Å²) in [7, 11) is -0.778. The molecular formula is C23H50OSSi. The topological polar surface area (TPSA) is 9.23 Å². The molecule has 0 aromatic heterocycles. The Bertz CT molecular complexity index is 276. The number of rotatable bonds is 20. The van der Waals surface area contributed by atoms with Gasteiger partial charge in [-0.25, -0.2) is 0 Å². The van der Waals surface area contributed by atoms with Gasteiger partial charge in [-0.15, -0.1) is 0 Å². The maximum atomic E-state index is 5.57. The van der Waals surface area contributed by atoms with E-state index in [1.807, 2.05) is 0 Å². The third-order valence-electron chi connectivity index (χ3n) is 4.85. The van der Waals surface area contributed by atoms with Crippen LogP contribution in [0.25, 0.3) is 0 Å². The van der Waals surface area contributed by atoms with E-state index >= 15 is 0 Å². The van der Waals surface area contributed by atoms with E-state index in [2.05, 4.69) is 45.3 Å². The van der Waals surface area contributed by atoms with Gasteiger partial charge in [0.05, 0.1) is 6.10 Å². The molecule has 0 fully saturated rings. The molecule has 0 aromatic carbocycles. The molecule has 0 heterocycles. The zero-order chi connectivity index (χ0) is 19.5. The average molecular weight is 403 g/mol. The van der Waals surface area contributed by atoms with Gasteiger partial charge in [0.25, 0.3) is 0 Å². The van der Waals surface area contributed by atoms with Gasteiger partial charge in [-0.2, -0.15) is 11.8 Å². The largest absolute Gasteiger partial charge is 0.379 e. The van der Waals surface area contributed by atoms with Gasteiger partial charge in [0, 0.05) is 14.7 Å². The molecule has 0 bridgehead atoms.